The van der Waals surface area contributed by atoms with Crippen molar-refractivity contribution in [3.8, 4) is 0 Å². The lowest BCUT2D eigenvalue weighted by molar-refractivity contribution is 0.301. The van der Waals surface area contributed by atoms with Crippen LogP contribution < -0.4 is 5.73 Å². The van der Waals surface area contributed by atoms with Crippen molar-refractivity contribution in [1.29, 1.82) is 0 Å². The van der Waals surface area contributed by atoms with Gasteiger partial charge in [-0.1, -0.05) is 24.4 Å². The van der Waals surface area contributed by atoms with E-state index in [1.54, 1.807) is 10.9 Å². The van der Waals surface area contributed by atoms with Crippen LogP contribution in [-0.4, -0.2) is 19.9 Å². The van der Waals surface area contributed by atoms with Gasteiger partial charge in [0.1, 0.15) is 6.04 Å². The van der Waals surface area contributed by atoms with Crippen molar-refractivity contribution < 1.29 is 4.52 Å². The highest BCUT2D eigenvalue weighted by Crippen LogP contribution is 2.29. The van der Waals surface area contributed by atoms with E-state index in [2.05, 4.69) is 15.2 Å². The summed E-state index contributed by atoms with van der Waals surface area (Å²) in [6, 6.07) is -0.388. The van der Waals surface area contributed by atoms with Gasteiger partial charge in [-0.25, -0.2) is 0 Å². The second kappa shape index (κ2) is 4.53. The number of aromatic nitrogens is 4. The van der Waals surface area contributed by atoms with E-state index in [1.165, 1.54) is 19.3 Å². The summed E-state index contributed by atoms with van der Waals surface area (Å²) in [7, 11) is 1.85. The number of hydrogen-bond donors (Lipinski definition) is 1. The molecule has 1 fully saturated rings. The van der Waals surface area contributed by atoms with E-state index in [0.29, 0.717) is 5.89 Å². The maximum atomic E-state index is 6.07. The maximum Gasteiger partial charge on any atom is 0.248 e. The fourth-order valence-corrected chi connectivity index (χ4v) is 2.18. The minimum Gasteiger partial charge on any atom is -0.337 e. The molecule has 1 saturated carbocycles. The monoisotopic (exact) mass is 247 g/mol. The van der Waals surface area contributed by atoms with Crippen LogP contribution in [0.4, 0.5) is 0 Å². The number of hydrogen-bond acceptors (Lipinski definition) is 5. The molecule has 2 N–H and O–H groups in total. The molecule has 1 unspecified atom stereocenters. The van der Waals surface area contributed by atoms with Crippen molar-refractivity contribution in [3.05, 3.63) is 29.7 Å². The number of nitrogens with two attached hydrogens (primary N) is 1. The first-order valence-corrected chi connectivity index (χ1v) is 6.29. The van der Waals surface area contributed by atoms with Gasteiger partial charge in [0.25, 0.3) is 0 Å². The smallest absolute Gasteiger partial charge is 0.248 e. The van der Waals surface area contributed by atoms with E-state index in [-0.39, 0.29) is 6.04 Å². The number of rotatable bonds is 4. The molecule has 1 aliphatic rings. The molecule has 2 heterocycles. The summed E-state index contributed by atoms with van der Waals surface area (Å²) in [5.74, 6) is 1.97. The molecule has 6 heteroatoms. The highest BCUT2D eigenvalue weighted by atomic mass is 16.5. The molecule has 6 nitrogen and oxygen atoms in total. The van der Waals surface area contributed by atoms with Crippen LogP contribution in [0.25, 0.3) is 0 Å². The quantitative estimate of drug-likeness (QED) is 0.877. The Hall–Kier alpha value is -1.69. The van der Waals surface area contributed by atoms with Gasteiger partial charge in [0.05, 0.1) is 6.20 Å². The molecule has 96 valence electrons. The Morgan fingerprint density at radius 3 is 3.00 bits per heavy atom. The summed E-state index contributed by atoms with van der Waals surface area (Å²) in [5, 5.41) is 8.09. The van der Waals surface area contributed by atoms with Gasteiger partial charge in [-0.05, 0) is 5.92 Å². The van der Waals surface area contributed by atoms with Crippen LogP contribution in [0, 0.1) is 5.92 Å². The van der Waals surface area contributed by atoms with Gasteiger partial charge in [0, 0.05) is 25.2 Å². The van der Waals surface area contributed by atoms with Gasteiger partial charge in [0.15, 0.2) is 5.82 Å². The van der Waals surface area contributed by atoms with Gasteiger partial charge in [-0.15, -0.1) is 0 Å². The Balaban J connectivity index is 1.71. The van der Waals surface area contributed by atoms with E-state index in [0.717, 1.165) is 23.7 Å². The van der Waals surface area contributed by atoms with E-state index >= 15 is 0 Å². The van der Waals surface area contributed by atoms with E-state index in [4.69, 9.17) is 10.3 Å². The Bertz CT molecular complexity index is 528. The van der Waals surface area contributed by atoms with Crippen LogP contribution in [0.15, 0.2) is 16.9 Å². The predicted octanol–water partition coefficient (Wildman–Crippen LogP) is 1.19. The molecule has 0 aromatic carbocycles. The molecule has 0 amide bonds. The van der Waals surface area contributed by atoms with E-state index in [9.17, 15) is 0 Å². The molecule has 0 saturated heterocycles. The maximum absolute atomic E-state index is 6.07. The minimum atomic E-state index is -0.388. The van der Waals surface area contributed by atoms with Gasteiger partial charge >= 0.3 is 0 Å². The third-order valence-electron chi connectivity index (χ3n) is 3.53. The molecule has 0 aliphatic heterocycles. The Morgan fingerprint density at radius 1 is 1.56 bits per heavy atom. The van der Waals surface area contributed by atoms with Crippen molar-refractivity contribution in [2.24, 2.45) is 18.7 Å². The summed E-state index contributed by atoms with van der Waals surface area (Å²) in [4.78, 5) is 4.38. The van der Waals surface area contributed by atoms with Gasteiger partial charge in [-0.3, -0.25) is 4.68 Å². The molecule has 2 aromatic heterocycles. The normalized spacial score (nSPS) is 17.7. The van der Waals surface area contributed by atoms with Crippen LogP contribution in [0.5, 0.6) is 0 Å². The second-order valence-electron chi connectivity index (χ2n) is 4.97. The largest absolute Gasteiger partial charge is 0.337 e. The van der Waals surface area contributed by atoms with Crippen LogP contribution in [-0.2, 0) is 13.5 Å². The number of aryl methyl sites for hydroxylation is 1. The summed E-state index contributed by atoms with van der Waals surface area (Å²) in [6.45, 7) is 0. The Labute approximate surface area is 105 Å². The molecule has 1 aliphatic carbocycles. The average Bonchev–Trinajstić information content (AvgIpc) is 2.91. The van der Waals surface area contributed by atoms with Crippen LogP contribution in [0.2, 0.25) is 0 Å². The Kier molecular flexibility index (Phi) is 2.87. The van der Waals surface area contributed by atoms with E-state index < -0.39 is 0 Å². The zero-order chi connectivity index (χ0) is 12.5. The molecule has 18 heavy (non-hydrogen) atoms. The molecule has 0 radical (unpaired) electrons. The third kappa shape index (κ3) is 2.15. The average molecular weight is 247 g/mol. The van der Waals surface area contributed by atoms with Gasteiger partial charge in [0.2, 0.25) is 5.89 Å². The highest BCUT2D eigenvalue weighted by molar-refractivity contribution is 5.16. The lowest BCUT2D eigenvalue weighted by Gasteiger charge is -2.23. The predicted molar refractivity (Wildman–Crippen MR) is 64.6 cm³/mol. The topological polar surface area (TPSA) is 82.8 Å². The van der Waals surface area contributed by atoms with Crippen LogP contribution in [0.3, 0.4) is 0 Å². The van der Waals surface area contributed by atoms with Crippen molar-refractivity contribution in [3.63, 3.8) is 0 Å². The van der Waals surface area contributed by atoms with Crippen molar-refractivity contribution >= 4 is 0 Å². The standard InChI is InChI=1S/C12H17N5O/c1-17-7-9(6-14-17)11(13)12-15-10(16-18-12)5-8-3-2-4-8/h6-8,11H,2-5,13H2,1H3. The summed E-state index contributed by atoms with van der Waals surface area (Å²) >= 11 is 0. The molecule has 2 aromatic rings. The first kappa shape index (κ1) is 11.4. The zero-order valence-corrected chi connectivity index (χ0v) is 10.4. The highest BCUT2D eigenvalue weighted by Gasteiger charge is 2.22. The Morgan fingerprint density at radius 2 is 2.39 bits per heavy atom. The van der Waals surface area contributed by atoms with Gasteiger partial charge in [-0.2, -0.15) is 10.1 Å². The molecular formula is C12H17N5O. The summed E-state index contributed by atoms with van der Waals surface area (Å²) < 4.78 is 6.95. The second-order valence-corrected chi connectivity index (χ2v) is 4.97. The number of nitrogens with zero attached hydrogens (tertiary/aromatic N) is 4. The first-order valence-electron chi connectivity index (χ1n) is 6.29. The molecule has 3 rings (SSSR count). The fraction of sp³-hybridized carbons (Fsp3) is 0.583. The van der Waals surface area contributed by atoms with Crippen molar-refractivity contribution in [2.75, 3.05) is 0 Å². The zero-order valence-electron chi connectivity index (χ0n) is 10.4. The van der Waals surface area contributed by atoms with Gasteiger partial charge < -0.3 is 10.3 Å². The SMILES string of the molecule is Cn1cc(C(N)c2nc(CC3CCC3)no2)cn1. The van der Waals surface area contributed by atoms with Crippen LogP contribution in [0.1, 0.15) is 42.6 Å². The third-order valence-corrected chi connectivity index (χ3v) is 3.53. The fourth-order valence-electron chi connectivity index (χ4n) is 2.18. The minimum absolute atomic E-state index is 0.388. The molecular weight excluding hydrogens is 230 g/mol. The molecule has 0 spiro atoms. The summed E-state index contributed by atoms with van der Waals surface area (Å²) in [5.41, 5.74) is 6.96. The van der Waals surface area contributed by atoms with E-state index in [1.807, 2.05) is 13.2 Å². The van der Waals surface area contributed by atoms with Crippen molar-refractivity contribution in [1.82, 2.24) is 19.9 Å². The molecule has 1 atom stereocenters. The summed E-state index contributed by atoms with van der Waals surface area (Å²) in [6.07, 6.45) is 8.37. The first-order chi connectivity index (χ1) is 8.72. The molecule has 0 bridgehead atoms. The van der Waals surface area contributed by atoms with Crippen LogP contribution >= 0.6 is 0 Å². The lowest BCUT2D eigenvalue weighted by atomic mass is 9.83. The van der Waals surface area contributed by atoms with Crippen molar-refractivity contribution in [2.45, 2.75) is 31.7 Å². The lowest BCUT2D eigenvalue weighted by Crippen LogP contribution is -2.15.